The Morgan fingerprint density at radius 3 is 2.71 bits per heavy atom. The number of hydrogen-bond acceptors (Lipinski definition) is 3. The number of nitrogens with one attached hydrogen (secondary N) is 1. The zero-order valence-corrected chi connectivity index (χ0v) is 9.13. The Morgan fingerprint density at radius 2 is 2.21 bits per heavy atom. The summed E-state index contributed by atoms with van der Waals surface area (Å²) in [5.74, 6) is 2.24. The summed E-state index contributed by atoms with van der Waals surface area (Å²) in [5, 5.41) is 12.1. The highest BCUT2D eigenvalue weighted by Crippen LogP contribution is 2.12. The first-order valence-electron chi connectivity index (χ1n) is 5.01. The summed E-state index contributed by atoms with van der Waals surface area (Å²) < 4.78 is 5.41. The Hall–Kier alpha value is -0.800. The number of aryl methyl sites for hydroxylation is 2. The molecule has 1 aromatic rings. The van der Waals surface area contributed by atoms with Crippen LogP contribution < -0.4 is 5.32 Å². The Morgan fingerprint density at radius 1 is 1.50 bits per heavy atom. The van der Waals surface area contributed by atoms with Gasteiger partial charge in [-0.1, -0.05) is 6.92 Å². The number of furan rings is 1. The highest BCUT2D eigenvalue weighted by atomic mass is 16.3. The van der Waals surface area contributed by atoms with E-state index in [2.05, 4.69) is 5.32 Å². The lowest BCUT2D eigenvalue weighted by Gasteiger charge is -2.08. The van der Waals surface area contributed by atoms with Crippen molar-refractivity contribution in [3.05, 3.63) is 23.2 Å². The molecule has 80 valence electrons. The third-order valence-corrected chi connectivity index (χ3v) is 2.26. The first kappa shape index (κ1) is 11.3. The van der Waals surface area contributed by atoms with E-state index in [9.17, 15) is 0 Å². The predicted octanol–water partition coefficient (Wildman–Crippen LogP) is 1.61. The molecular weight excluding hydrogens is 178 g/mol. The SMILES string of the molecule is Cc1cc(CNCC(C)CO)c(C)o1. The quantitative estimate of drug-likeness (QED) is 0.754. The first-order valence-corrected chi connectivity index (χ1v) is 5.01. The summed E-state index contributed by atoms with van der Waals surface area (Å²) in [4.78, 5) is 0. The maximum atomic E-state index is 8.83. The van der Waals surface area contributed by atoms with Crippen molar-refractivity contribution in [3.63, 3.8) is 0 Å². The number of aliphatic hydroxyl groups is 1. The van der Waals surface area contributed by atoms with E-state index in [-0.39, 0.29) is 6.61 Å². The smallest absolute Gasteiger partial charge is 0.105 e. The molecule has 0 saturated heterocycles. The van der Waals surface area contributed by atoms with Gasteiger partial charge in [-0.05, 0) is 25.8 Å². The molecule has 0 aromatic carbocycles. The molecule has 3 heteroatoms. The lowest BCUT2D eigenvalue weighted by atomic mass is 10.2. The lowest BCUT2D eigenvalue weighted by Crippen LogP contribution is -2.22. The molecular formula is C11H19NO2. The Labute approximate surface area is 85.1 Å². The molecule has 1 unspecified atom stereocenters. The summed E-state index contributed by atoms with van der Waals surface area (Å²) in [6, 6.07) is 2.05. The molecule has 1 aromatic heterocycles. The van der Waals surface area contributed by atoms with Gasteiger partial charge < -0.3 is 14.8 Å². The molecule has 1 atom stereocenters. The summed E-state index contributed by atoms with van der Waals surface area (Å²) >= 11 is 0. The monoisotopic (exact) mass is 197 g/mol. The van der Waals surface area contributed by atoms with E-state index >= 15 is 0 Å². The Bertz CT molecular complexity index is 281. The molecule has 3 nitrogen and oxygen atoms in total. The summed E-state index contributed by atoms with van der Waals surface area (Å²) in [6.45, 7) is 7.82. The molecule has 0 aliphatic carbocycles. The molecule has 2 N–H and O–H groups in total. The van der Waals surface area contributed by atoms with Crippen LogP contribution in [0.25, 0.3) is 0 Å². The summed E-state index contributed by atoms with van der Waals surface area (Å²) in [6.07, 6.45) is 0. The number of hydrogen-bond donors (Lipinski definition) is 2. The minimum Gasteiger partial charge on any atom is -0.466 e. The normalized spacial score (nSPS) is 13.1. The standard InChI is InChI=1S/C11H19NO2/c1-8(7-13)5-12-6-11-4-9(2)14-10(11)3/h4,8,12-13H,5-7H2,1-3H3. The van der Waals surface area contributed by atoms with Gasteiger partial charge in [0.05, 0.1) is 0 Å². The van der Waals surface area contributed by atoms with Crippen molar-refractivity contribution in [3.8, 4) is 0 Å². The van der Waals surface area contributed by atoms with Crippen LogP contribution in [0.1, 0.15) is 24.0 Å². The molecule has 0 saturated carbocycles. The molecule has 1 rings (SSSR count). The van der Waals surface area contributed by atoms with Crippen LogP contribution in [0.4, 0.5) is 0 Å². The van der Waals surface area contributed by atoms with Gasteiger partial charge in [0.1, 0.15) is 11.5 Å². The van der Waals surface area contributed by atoms with Crippen LogP contribution >= 0.6 is 0 Å². The molecule has 0 radical (unpaired) electrons. The fourth-order valence-corrected chi connectivity index (χ4v) is 1.38. The van der Waals surface area contributed by atoms with Gasteiger partial charge in [-0.2, -0.15) is 0 Å². The van der Waals surface area contributed by atoms with E-state index in [1.54, 1.807) is 0 Å². The molecule has 0 bridgehead atoms. The van der Waals surface area contributed by atoms with E-state index < -0.39 is 0 Å². The molecule has 0 aliphatic rings. The van der Waals surface area contributed by atoms with Gasteiger partial charge in [0.15, 0.2) is 0 Å². The van der Waals surface area contributed by atoms with E-state index in [0.29, 0.717) is 5.92 Å². The van der Waals surface area contributed by atoms with Crippen LogP contribution in [0.5, 0.6) is 0 Å². The van der Waals surface area contributed by atoms with Gasteiger partial charge in [-0.3, -0.25) is 0 Å². The van der Waals surface area contributed by atoms with Gasteiger partial charge in [0, 0.05) is 25.3 Å². The number of rotatable bonds is 5. The van der Waals surface area contributed by atoms with Gasteiger partial charge in [-0.15, -0.1) is 0 Å². The maximum Gasteiger partial charge on any atom is 0.105 e. The fraction of sp³-hybridized carbons (Fsp3) is 0.636. The number of aliphatic hydroxyl groups excluding tert-OH is 1. The summed E-state index contributed by atoms with van der Waals surface area (Å²) in [7, 11) is 0. The molecule has 1 heterocycles. The second-order valence-electron chi connectivity index (χ2n) is 3.86. The maximum absolute atomic E-state index is 8.83. The zero-order valence-electron chi connectivity index (χ0n) is 9.13. The molecule has 14 heavy (non-hydrogen) atoms. The minimum atomic E-state index is 0.233. The second kappa shape index (κ2) is 5.17. The van der Waals surface area contributed by atoms with Gasteiger partial charge in [-0.25, -0.2) is 0 Å². The van der Waals surface area contributed by atoms with Crippen molar-refractivity contribution >= 4 is 0 Å². The van der Waals surface area contributed by atoms with Crippen LogP contribution in [0.2, 0.25) is 0 Å². The van der Waals surface area contributed by atoms with Crippen LogP contribution in [0, 0.1) is 19.8 Å². The topological polar surface area (TPSA) is 45.4 Å². The third kappa shape index (κ3) is 3.16. The van der Waals surface area contributed by atoms with Gasteiger partial charge in [0.25, 0.3) is 0 Å². The van der Waals surface area contributed by atoms with Crippen LogP contribution in [-0.4, -0.2) is 18.3 Å². The average molecular weight is 197 g/mol. The Balaban J connectivity index is 2.34. The van der Waals surface area contributed by atoms with Crippen LogP contribution in [0.3, 0.4) is 0 Å². The highest BCUT2D eigenvalue weighted by Gasteiger charge is 2.04. The van der Waals surface area contributed by atoms with Crippen molar-refractivity contribution in [2.75, 3.05) is 13.2 Å². The summed E-state index contributed by atoms with van der Waals surface area (Å²) in [5.41, 5.74) is 1.20. The van der Waals surface area contributed by atoms with Crippen molar-refractivity contribution < 1.29 is 9.52 Å². The molecule has 0 spiro atoms. The van der Waals surface area contributed by atoms with Crippen molar-refractivity contribution in [1.29, 1.82) is 0 Å². The first-order chi connectivity index (χ1) is 6.63. The average Bonchev–Trinajstić information content (AvgIpc) is 2.45. The highest BCUT2D eigenvalue weighted by molar-refractivity contribution is 5.19. The van der Waals surface area contributed by atoms with Crippen molar-refractivity contribution in [2.45, 2.75) is 27.3 Å². The molecule has 0 fully saturated rings. The van der Waals surface area contributed by atoms with Crippen LogP contribution in [-0.2, 0) is 6.54 Å². The van der Waals surface area contributed by atoms with Gasteiger partial charge >= 0.3 is 0 Å². The van der Waals surface area contributed by atoms with Crippen molar-refractivity contribution in [2.24, 2.45) is 5.92 Å². The zero-order chi connectivity index (χ0) is 10.6. The van der Waals surface area contributed by atoms with E-state index in [0.717, 1.165) is 24.6 Å². The van der Waals surface area contributed by atoms with Crippen LogP contribution in [0.15, 0.2) is 10.5 Å². The third-order valence-electron chi connectivity index (χ3n) is 2.26. The second-order valence-corrected chi connectivity index (χ2v) is 3.86. The largest absolute Gasteiger partial charge is 0.466 e. The fourth-order valence-electron chi connectivity index (χ4n) is 1.38. The van der Waals surface area contributed by atoms with Crippen molar-refractivity contribution in [1.82, 2.24) is 5.32 Å². The lowest BCUT2D eigenvalue weighted by molar-refractivity contribution is 0.233. The van der Waals surface area contributed by atoms with E-state index in [1.807, 2.05) is 26.8 Å². The van der Waals surface area contributed by atoms with Gasteiger partial charge in [0.2, 0.25) is 0 Å². The van der Waals surface area contributed by atoms with E-state index in [1.165, 1.54) is 5.56 Å². The molecule has 0 aliphatic heterocycles. The van der Waals surface area contributed by atoms with E-state index in [4.69, 9.17) is 9.52 Å². The minimum absolute atomic E-state index is 0.233. The Kier molecular flexibility index (Phi) is 4.17. The molecule has 0 amide bonds. The predicted molar refractivity (Wildman–Crippen MR) is 56.1 cm³/mol.